The Labute approximate surface area is 101 Å². The third-order valence-electron chi connectivity index (χ3n) is 2.38. The fraction of sp³-hybridized carbons (Fsp3) is 0.250. The van der Waals surface area contributed by atoms with Crippen LogP contribution >= 0.6 is 11.3 Å². The predicted octanol–water partition coefficient (Wildman–Crippen LogP) is 4.15. The summed E-state index contributed by atoms with van der Waals surface area (Å²) in [6, 6.07) is 0. The van der Waals surface area contributed by atoms with Crippen LogP contribution in [0, 0.1) is 6.92 Å². The van der Waals surface area contributed by atoms with Gasteiger partial charge in [0.15, 0.2) is 0 Å². The first-order chi connectivity index (χ1) is 7.97. The lowest BCUT2D eigenvalue weighted by Crippen LogP contribution is -2.09. The summed E-state index contributed by atoms with van der Waals surface area (Å²) in [5.41, 5.74) is 0.153. The van der Waals surface area contributed by atoms with Gasteiger partial charge in [-0.25, -0.2) is 4.98 Å². The second kappa shape index (κ2) is 4.49. The molecule has 0 aromatic carbocycles. The van der Waals surface area contributed by atoms with Crippen molar-refractivity contribution in [2.24, 2.45) is 0 Å². The van der Waals surface area contributed by atoms with Gasteiger partial charge in [-0.15, -0.1) is 11.3 Å². The molecule has 0 fully saturated rings. The molecule has 0 spiro atoms. The molecule has 17 heavy (non-hydrogen) atoms. The van der Waals surface area contributed by atoms with E-state index in [4.69, 9.17) is 0 Å². The maximum Gasteiger partial charge on any atom is 0.416 e. The summed E-state index contributed by atoms with van der Waals surface area (Å²) in [6.07, 6.45) is 2.56. The van der Waals surface area contributed by atoms with E-state index in [0.29, 0.717) is 0 Å². The van der Waals surface area contributed by atoms with Crippen molar-refractivity contribution in [3.63, 3.8) is 0 Å². The molecular formula is C12H10F3NS. The number of alkyl halides is 3. The van der Waals surface area contributed by atoms with Crippen LogP contribution in [-0.2, 0) is 0 Å². The van der Waals surface area contributed by atoms with E-state index < -0.39 is 11.7 Å². The van der Waals surface area contributed by atoms with Crippen molar-refractivity contribution in [1.29, 1.82) is 0 Å². The number of nitrogens with zero attached hydrogens (tertiary/aromatic N) is 1. The third kappa shape index (κ3) is 2.85. The number of halogens is 3. The molecular weight excluding hydrogens is 247 g/mol. The topological polar surface area (TPSA) is 12.9 Å². The molecule has 0 radical (unpaired) electrons. The number of thiazole rings is 1. The van der Waals surface area contributed by atoms with Gasteiger partial charge >= 0.3 is 6.18 Å². The van der Waals surface area contributed by atoms with Gasteiger partial charge in [-0.3, -0.25) is 0 Å². The van der Waals surface area contributed by atoms with Gasteiger partial charge in [0.2, 0.25) is 0 Å². The molecule has 0 saturated carbocycles. The lowest BCUT2D eigenvalue weighted by Gasteiger charge is -2.06. The summed E-state index contributed by atoms with van der Waals surface area (Å²) in [6.45, 7) is 1.87. The van der Waals surface area contributed by atoms with Gasteiger partial charge in [0.05, 0.1) is 16.3 Å². The summed E-state index contributed by atoms with van der Waals surface area (Å²) in [5.74, 6) is -0.184. The van der Waals surface area contributed by atoms with Crippen molar-refractivity contribution in [3.05, 3.63) is 52.0 Å². The van der Waals surface area contributed by atoms with E-state index in [0.717, 1.165) is 22.9 Å². The van der Waals surface area contributed by atoms with Crippen molar-refractivity contribution in [1.82, 2.24) is 4.98 Å². The molecule has 1 aromatic rings. The van der Waals surface area contributed by atoms with Crippen LogP contribution in [0.1, 0.15) is 16.6 Å². The largest absolute Gasteiger partial charge is 0.416 e. The number of allylic oxidation sites excluding steroid dienone is 6. The SMILES string of the molecule is Cc1nc(C2C=CC=C(C(F)(F)F)C=C2)cs1. The average molecular weight is 257 g/mol. The second-order valence-corrected chi connectivity index (χ2v) is 4.74. The third-order valence-corrected chi connectivity index (χ3v) is 3.17. The molecule has 1 nitrogen and oxygen atoms in total. The minimum Gasteiger partial charge on any atom is -0.246 e. The van der Waals surface area contributed by atoms with Crippen molar-refractivity contribution >= 4 is 11.3 Å². The first-order valence-electron chi connectivity index (χ1n) is 5.03. The molecule has 1 atom stereocenters. The van der Waals surface area contributed by atoms with Crippen LogP contribution in [0.3, 0.4) is 0 Å². The van der Waals surface area contributed by atoms with Crippen LogP contribution in [0.4, 0.5) is 13.2 Å². The summed E-state index contributed by atoms with van der Waals surface area (Å²) in [7, 11) is 0. The van der Waals surface area contributed by atoms with Crippen LogP contribution < -0.4 is 0 Å². The van der Waals surface area contributed by atoms with Crippen LogP contribution in [0.15, 0.2) is 41.3 Å². The number of rotatable bonds is 1. The van der Waals surface area contributed by atoms with Gasteiger partial charge in [-0.05, 0) is 6.92 Å². The standard InChI is InChI=1S/C12H10F3NS/c1-8-16-11(7-17-8)9-3-2-4-10(6-5-9)12(13,14)15/h2-7,9H,1H3. The first-order valence-corrected chi connectivity index (χ1v) is 5.91. The summed E-state index contributed by atoms with van der Waals surface area (Å²) >= 11 is 1.49. The zero-order valence-corrected chi connectivity index (χ0v) is 9.85. The van der Waals surface area contributed by atoms with Gasteiger partial charge in [0.25, 0.3) is 0 Å². The predicted molar refractivity (Wildman–Crippen MR) is 62.0 cm³/mol. The summed E-state index contributed by atoms with van der Waals surface area (Å²) in [5, 5.41) is 2.78. The Morgan fingerprint density at radius 1 is 1.29 bits per heavy atom. The summed E-state index contributed by atoms with van der Waals surface area (Å²) < 4.78 is 37.5. The first kappa shape index (κ1) is 12.1. The van der Waals surface area contributed by atoms with Crippen molar-refractivity contribution < 1.29 is 13.2 Å². The fourth-order valence-corrected chi connectivity index (χ4v) is 2.18. The minimum absolute atomic E-state index is 0.184. The molecule has 1 aliphatic carbocycles. The lowest BCUT2D eigenvalue weighted by atomic mass is 10.1. The minimum atomic E-state index is -4.30. The second-order valence-electron chi connectivity index (χ2n) is 3.68. The Morgan fingerprint density at radius 2 is 2.06 bits per heavy atom. The highest BCUT2D eigenvalue weighted by Gasteiger charge is 2.31. The number of hydrogen-bond acceptors (Lipinski definition) is 2. The maximum atomic E-state index is 12.5. The Hall–Kier alpha value is -1.36. The van der Waals surface area contributed by atoms with Crippen LogP contribution in [0.2, 0.25) is 0 Å². The van der Waals surface area contributed by atoms with E-state index in [2.05, 4.69) is 4.98 Å². The molecule has 1 aliphatic rings. The van der Waals surface area contributed by atoms with E-state index in [1.54, 1.807) is 6.08 Å². The molecule has 0 saturated heterocycles. The highest BCUT2D eigenvalue weighted by atomic mass is 32.1. The Bertz CT molecular complexity index is 494. The van der Waals surface area contributed by atoms with Gasteiger partial charge in [-0.1, -0.05) is 30.4 Å². The van der Waals surface area contributed by atoms with E-state index in [-0.39, 0.29) is 5.92 Å². The van der Waals surface area contributed by atoms with E-state index in [9.17, 15) is 13.2 Å². The van der Waals surface area contributed by atoms with Gasteiger partial charge in [0.1, 0.15) is 0 Å². The quantitative estimate of drug-likeness (QED) is 0.736. The normalized spacial score (nSPS) is 20.2. The molecule has 2 rings (SSSR count). The zero-order valence-electron chi connectivity index (χ0n) is 9.03. The molecule has 0 aliphatic heterocycles. The fourth-order valence-electron chi connectivity index (χ4n) is 1.53. The number of aromatic nitrogens is 1. The molecule has 5 heteroatoms. The van der Waals surface area contributed by atoms with Crippen molar-refractivity contribution in [2.45, 2.75) is 19.0 Å². The van der Waals surface area contributed by atoms with E-state index in [1.807, 2.05) is 12.3 Å². The molecule has 1 unspecified atom stereocenters. The maximum absolute atomic E-state index is 12.5. The van der Waals surface area contributed by atoms with Crippen LogP contribution in [0.5, 0.6) is 0 Å². The Kier molecular flexibility index (Phi) is 3.19. The molecule has 0 bridgehead atoms. The summed E-state index contributed by atoms with van der Waals surface area (Å²) in [4.78, 5) is 4.27. The van der Waals surface area contributed by atoms with Crippen molar-refractivity contribution in [3.8, 4) is 0 Å². The molecule has 0 N–H and O–H groups in total. The Morgan fingerprint density at radius 3 is 2.65 bits per heavy atom. The van der Waals surface area contributed by atoms with Crippen LogP contribution in [0.25, 0.3) is 0 Å². The highest BCUT2D eigenvalue weighted by Crippen LogP contribution is 2.30. The zero-order chi connectivity index (χ0) is 12.5. The monoisotopic (exact) mass is 257 g/mol. The van der Waals surface area contributed by atoms with Crippen molar-refractivity contribution in [2.75, 3.05) is 0 Å². The highest BCUT2D eigenvalue weighted by molar-refractivity contribution is 7.09. The molecule has 1 heterocycles. The number of hydrogen-bond donors (Lipinski definition) is 0. The average Bonchev–Trinajstić information content (AvgIpc) is 2.53. The number of aryl methyl sites for hydroxylation is 1. The van der Waals surface area contributed by atoms with E-state index >= 15 is 0 Å². The van der Waals surface area contributed by atoms with Crippen LogP contribution in [-0.4, -0.2) is 11.2 Å². The van der Waals surface area contributed by atoms with Gasteiger partial charge in [0, 0.05) is 11.3 Å². The van der Waals surface area contributed by atoms with Gasteiger partial charge < -0.3 is 0 Å². The molecule has 1 aromatic heterocycles. The van der Waals surface area contributed by atoms with Gasteiger partial charge in [-0.2, -0.15) is 13.2 Å². The Balaban J connectivity index is 2.23. The smallest absolute Gasteiger partial charge is 0.246 e. The lowest BCUT2D eigenvalue weighted by molar-refractivity contribution is -0.0881. The van der Waals surface area contributed by atoms with E-state index in [1.165, 1.54) is 23.5 Å². The molecule has 90 valence electrons. The molecule has 0 amide bonds.